The molecule has 0 saturated heterocycles. The van der Waals surface area contributed by atoms with Gasteiger partial charge in [0.1, 0.15) is 5.51 Å². The van der Waals surface area contributed by atoms with E-state index in [9.17, 15) is 4.79 Å². The lowest BCUT2D eigenvalue weighted by Crippen LogP contribution is -2.13. The predicted molar refractivity (Wildman–Crippen MR) is 49.6 cm³/mol. The average Bonchev–Trinajstić information content (AvgIpc) is 2.57. The highest BCUT2D eigenvalue weighted by atomic mass is 32.1. The van der Waals surface area contributed by atoms with Crippen molar-refractivity contribution in [1.29, 1.82) is 0 Å². The van der Waals surface area contributed by atoms with Crippen molar-refractivity contribution < 1.29 is 9.53 Å². The second kappa shape index (κ2) is 5.60. The van der Waals surface area contributed by atoms with Crippen LogP contribution in [0.4, 0.5) is 5.13 Å². The van der Waals surface area contributed by atoms with E-state index < -0.39 is 0 Å². The zero-order valence-corrected chi connectivity index (χ0v) is 8.13. The molecule has 5 nitrogen and oxygen atoms in total. The zero-order chi connectivity index (χ0) is 9.52. The number of aromatic nitrogens is 2. The Kier molecular flexibility index (Phi) is 4.34. The minimum absolute atomic E-state index is 0.0924. The number of nitrogens with one attached hydrogen (secondary N) is 1. The van der Waals surface area contributed by atoms with E-state index in [0.29, 0.717) is 24.8 Å². The van der Waals surface area contributed by atoms with Crippen LogP contribution in [0.5, 0.6) is 0 Å². The van der Waals surface area contributed by atoms with Gasteiger partial charge < -0.3 is 10.1 Å². The maximum atomic E-state index is 11.1. The SMILES string of the molecule is CCOCCC(=O)Nc1nncs1. The van der Waals surface area contributed by atoms with Crippen LogP contribution in [0.1, 0.15) is 13.3 Å². The topological polar surface area (TPSA) is 64.1 Å². The van der Waals surface area contributed by atoms with Crippen molar-refractivity contribution in [2.45, 2.75) is 13.3 Å². The van der Waals surface area contributed by atoms with Gasteiger partial charge in [-0.25, -0.2) is 0 Å². The summed E-state index contributed by atoms with van der Waals surface area (Å²) in [5.41, 5.74) is 1.57. The fourth-order valence-corrected chi connectivity index (χ4v) is 1.18. The van der Waals surface area contributed by atoms with Crippen molar-refractivity contribution in [3.05, 3.63) is 5.51 Å². The van der Waals surface area contributed by atoms with E-state index >= 15 is 0 Å². The molecule has 1 N–H and O–H groups in total. The number of nitrogens with zero attached hydrogens (tertiary/aromatic N) is 2. The van der Waals surface area contributed by atoms with Gasteiger partial charge in [0.15, 0.2) is 0 Å². The fourth-order valence-electron chi connectivity index (χ4n) is 0.719. The second-order valence-corrected chi connectivity index (χ2v) is 3.07. The molecule has 0 aliphatic heterocycles. The van der Waals surface area contributed by atoms with Crippen LogP contribution < -0.4 is 5.32 Å². The molecule has 0 atom stereocenters. The highest BCUT2D eigenvalue weighted by Gasteiger charge is 2.03. The number of anilines is 1. The van der Waals surface area contributed by atoms with Crippen molar-refractivity contribution in [2.24, 2.45) is 0 Å². The summed E-state index contributed by atoms with van der Waals surface area (Å²) in [6.45, 7) is 2.97. The molecule has 1 heterocycles. The van der Waals surface area contributed by atoms with Crippen molar-refractivity contribution in [3.63, 3.8) is 0 Å². The first-order valence-corrected chi connectivity index (χ1v) is 4.84. The highest BCUT2D eigenvalue weighted by molar-refractivity contribution is 7.13. The predicted octanol–water partition coefficient (Wildman–Crippen LogP) is 0.903. The summed E-state index contributed by atoms with van der Waals surface area (Å²) in [7, 11) is 0. The molecule has 0 radical (unpaired) electrons. The van der Waals surface area contributed by atoms with E-state index in [4.69, 9.17) is 4.74 Å². The molecule has 1 amide bonds. The largest absolute Gasteiger partial charge is 0.381 e. The summed E-state index contributed by atoms with van der Waals surface area (Å²) in [4.78, 5) is 11.1. The number of hydrogen-bond donors (Lipinski definition) is 1. The zero-order valence-electron chi connectivity index (χ0n) is 7.32. The third-order valence-electron chi connectivity index (χ3n) is 1.28. The lowest BCUT2D eigenvalue weighted by Gasteiger charge is -2.00. The van der Waals surface area contributed by atoms with Crippen LogP contribution in [-0.4, -0.2) is 29.3 Å². The number of ether oxygens (including phenoxy) is 1. The summed E-state index contributed by atoms with van der Waals surface area (Å²) in [6.07, 6.45) is 0.355. The number of carbonyl (C=O) groups is 1. The minimum atomic E-state index is -0.0924. The Hall–Kier alpha value is -1.01. The molecule has 6 heteroatoms. The van der Waals surface area contributed by atoms with Gasteiger partial charge in [0, 0.05) is 6.61 Å². The third-order valence-corrected chi connectivity index (χ3v) is 1.89. The van der Waals surface area contributed by atoms with Gasteiger partial charge in [0.05, 0.1) is 13.0 Å². The van der Waals surface area contributed by atoms with E-state index in [1.54, 1.807) is 5.51 Å². The fraction of sp³-hybridized carbons (Fsp3) is 0.571. The van der Waals surface area contributed by atoms with Gasteiger partial charge in [-0.3, -0.25) is 4.79 Å². The Balaban J connectivity index is 2.18. The summed E-state index contributed by atoms with van der Waals surface area (Å²) in [6, 6.07) is 0. The van der Waals surface area contributed by atoms with E-state index in [1.807, 2.05) is 6.92 Å². The van der Waals surface area contributed by atoms with Gasteiger partial charge >= 0.3 is 0 Å². The molecule has 72 valence electrons. The molecule has 0 aromatic carbocycles. The Morgan fingerprint density at radius 2 is 2.62 bits per heavy atom. The molecule has 0 fully saturated rings. The smallest absolute Gasteiger partial charge is 0.228 e. The summed E-state index contributed by atoms with van der Waals surface area (Å²) < 4.78 is 5.03. The van der Waals surface area contributed by atoms with Gasteiger partial charge in [-0.1, -0.05) is 11.3 Å². The Labute approximate surface area is 80.1 Å². The quantitative estimate of drug-likeness (QED) is 0.719. The number of rotatable bonds is 5. The Morgan fingerprint density at radius 3 is 3.23 bits per heavy atom. The molecule has 13 heavy (non-hydrogen) atoms. The highest BCUT2D eigenvalue weighted by Crippen LogP contribution is 2.07. The normalized spacial score (nSPS) is 9.92. The number of carbonyl (C=O) groups excluding carboxylic acids is 1. The molecule has 1 aromatic heterocycles. The van der Waals surface area contributed by atoms with Crippen LogP contribution in [-0.2, 0) is 9.53 Å². The van der Waals surface area contributed by atoms with Crippen LogP contribution in [0, 0.1) is 0 Å². The molecule has 0 spiro atoms. The summed E-state index contributed by atoms with van der Waals surface area (Å²) >= 11 is 1.30. The van der Waals surface area contributed by atoms with Crippen LogP contribution in [0.25, 0.3) is 0 Å². The van der Waals surface area contributed by atoms with Crippen LogP contribution >= 0.6 is 11.3 Å². The second-order valence-electron chi connectivity index (χ2n) is 2.24. The lowest BCUT2D eigenvalue weighted by molar-refractivity contribution is -0.117. The molecule has 1 rings (SSSR count). The van der Waals surface area contributed by atoms with Crippen LogP contribution in [0.3, 0.4) is 0 Å². The van der Waals surface area contributed by atoms with E-state index in [1.165, 1.54) is 11.3 Å². The molecular formula is C7H11N3O2S. The van der Waals surface area contributed by atoms with Crippen molar-refractivity contribution in [3.8, 4) is 0 Å². The van der Waals surface area contributed by atoms with Gasteiger partial charge in [-0.15, -0.1) is 10.2 Å². The van der Waals surface area contributed by atoms with Crippen molar-refractivity contribution in [1.82, 2.24) is 10.2 Å². The molecular weight excluding hydrogens is 190 g/mol. The summed E-state index contributed by atoms with van der Waals surface area (Å²) in [5, 5.41) is 10.4. The third kappa shape index (κ3) is 3.95. The number of hydrogen-bond acceptors (Lipinski definition) is 5. The average molecular weight is 201 g/mol. The van der Waals surface area contributed by atoms with Crippen molar-refractivity contribution in [2.75, 3.05) is 18.5 Å². The minimum Gasteiger partial charge on any atom is -0.381 e. The first kappa shape index (κ1) is 10.1. The van der Waals surface area contributed by atoms with Gasteiger partial charge in [0.2, 0.25) is 11.0 Å². The Bertz CT molecular complexity index is 250. The monoisotopic (exact) mass is 201 g/mol. The first-order chi connectivity index (χ1) is 6.33. The summed E-state index contributed by atoms with van der Waals surface area (Å²) in [5.74, 6) is -0.0924. The van der Waals surface area contributed by atoms with Crippen molar-refractivity contribution >= 4 is 22.4 Å². The van der Waals surface area contributed by atoms with Gasteiger partial charge in [-0.2, -0.15) is 0 Å². The molecule has 0 aliphatic rings. The lowest BCUT2D eigenvalue weighted by atomic mass is 10.4. The number of amides is 1. The molecule has 0 unspecified atom stereocenters. The first-order valence-electron chi connectivity index (χ1n) is 3.96. The molecule has 1 aromatic rings. The molecule has 0 bridgehead atoms. The van der Waals surface area contributed by atoms with E-state index in [-0.39, 0.29) is 5.91 Å². The van der Waals surface area contributed by atoms with E-state index in [2.05, 4.69) is 15.5 Å². The van der Waals surface area contributed by atoms with E-state index in [0.717, 1.165) is 0 Å². The standard InChI is InChI=1S/C7H11N3O2S/c1-2-12-4-3-6(11)9-7-10-8-5-13-7/h5H,2-4H2,1H3,(H,9,10,11). The van der Waals surface area contributed by atoms with Crippen LogP contribution in [0.15, 0.2) is 5.51 Å². The maximum absolute atomic E-state index is 11.1. The maximum Gasteiger partial charge on any atom is 0.228 e. The Morgan fingerprint density at radius 1 is 1.77 bits per heavy atom. The van der Waals surface area contributed by atoms with Gasteiger partial charge in [-0.05, 0) is 6.92 Å². The van der Waals surface area contributed by atoms with Gasteiger partial charge in [0.25, 0.3) is 0 Å². The van der Waals surface area contributed by atoms with Crippen LogP contribution in [0.2, 0.25) is 0 Å². The molecule has 0 saturated carbocycles. The molecule has 0 aliphatic carbocycles.